The van der Waals surface area contributed by atoms with Gasteiger partial charge in [0, 0.05) is 12.0 Å². The van der Waals surface area contributed by atoms with Crippen molar-refractivity contribution in [3.63, 3.8) is 0 Å². The van der Waals surface area contributed by atoms with Gasteiger partial charge >= 0.3 is 0 Å². The van der Waals surface area contributed by atoms with Crippen molar-refractivity contribution in [1.29, 1.82) is 0 Å². The molecule has 1 saturated carbocycles. The first-order valence-electron chi connectivity index (χ1n) is 8.16. The van der Waals surface area contributed by atoms with Crippen LogP contribution in [0.5, 0.6) is 0 Å². The zero-order chi connectivity index (χ0) is 14.5. The fraction of sp³-hybridized carbons (Fsp3) is 0.632. The third-order valence-corrected chi connectivity index (χ3v) is 4.98. The lowest BCUT2D eigenvalue weighted by atomic mass is 9.80. The molecule has 2 rings (SSSR count). The number of rotatable bonds is 5. The third kappa shape index (κ3) is 4.19. The maximum Gasteiger partial charge on any atom is 0.162 e. The average Bonchev–Trinajstić information content (AvgIpc) is 2.44. The molecule has 0 atom stereocenters. The van der Waals surface area contributed by atoms with E-state index in [0.717, 1.165) is 23.8 Å². The molecule has 110 valence electrons. The van der Waals surface area contributed by atoms with E-state index in [2.05, 4.69) is 26.8 Å². The lowest BCUT2D eigenvalue weighted by molar-refractivity contribution is 0.0976. The summed E-state index contributed by atoms with van der Waals surface area (Å²) in [5.74, 6) is 2.11. The zero-order valence-corrected chi connectivity index (χ0v) is 13.2. The second-order valence-corrected chi connectivity index (χ2v) is 6.74. The van der Waals surface area contributed by atoms with Gasteiger partial charge in [-0.05, 0) is 49.3 Å². The molecule has 1 heteroatoms. The van der Waals surface area contributed by atoms with Crippen LogP contribution in [0.4, 0.5) is 0 Å². The molecule has 0 spiro atoms. The van der Waals surface area contributed by atoms with Gasteiger partial charge in [0.2, 0.25) is 0 Å². The SMILES string of the molecule is Cc1ccc(C(=O)CCCC2CCC(C)CC2)cc1C. The minimum Gasteiger partial charge on any atom is -0.294 e. The summed E-state index contributed by atoms with van der Waals surface area (Å²) in [5.41, 5.74) is 3.38. The molecular formula is C19H28O. The van der Waals surface area contributed by atoms with E-state index < -0.39 is 0 Å². The fourth-order valence-electron chi connectivity index (χ4n) is 3.23. The van der Waals surface area contributed by atoms with Crippen molar-refractivity contribution in [3.8, 4) is 0 Å². The van der Waals surface area contributed by atoms with Gasteiger partial charge < -0.3 is 0 Å². The molecular weight excluding hydrogens is 244 g/mol. The van der Waals surface area contributed by atoms with Crippen molar-refractivity contribution in [3.05, 3.63) is 34.9 Å². The van der Waals surface area contributed by atoms with E-state index in [1.807, 2.05) is 12.1 Å². The minimum atomic E-state index is 0.317. The van der Waals surface area contributed by atoms with Crippen LogP contribution in [-0.4, -0.2) is 5.78 Å². The molecule has 1 aliphatic rings. The Labute approximate surface area is 123 Å². The Morgan fingerprint density at radius 1 is 1.10 bits per heavy atom. The Morgan fingerprint density at radius 2 is 1.80 bits per heavy atom. The second kappa shape index (κ2) is 7.06. The van der Waals surface area contributed by atoms with Gasteiger partial charge in [0.15, 0.2) is 5.78 Å². The Hall–Kier alpha value is -1.11. The normalized spacial score (nSPS) is 22.8. The van der Waals surface area contributed by atoms with E-state index >= 15 is 0 Å². The first-order chi connectivity index (χ1) is 9.56. The molecule has 0 unspecified atom stereocenters. The summed E-state index contributed by atoms with van der Waals surface area (Å²) >= 11 is 0. The topological polar surface area (TPSA) is 17.1 Å². The monoisotopic (exact) mass is 272 g/mol. The Morgan fingerprint density at radius 3 is 2.45 bits per heavy atom. The van der Waals surface area contributed by atoms with Crippen LogP contribution < -0.4 is 0 Å². The number of benzene rings is 1. The van der Waals surface area contributed by atoms with Crippen molar-refractivity contribution in [2.45, 2.75) is 65.7 Å². The summed E-state index contributed by atoms with van der Waals surface area (Å²) < 4.78 is 0. The van der Waals surface area contributed by atoms with E-state index in [1.165, 1.54) is 43.2 Å². The molecule has 20 heavy (non-hydrogen) atoms. The average molecular weight is 272 g/mol. The quantitative estimate of drug-likeness (QED) is 0.648. The molecule has 1 nitrogen and oxygen atoms in total. The Balaban J connectivity index is 1.76. The van der Waals surface area contributed by atoms with Crippen LogP contribution in [-0.2, 0) is 0 Å². The van der Waals surface area contributed by atoms with Crippen molar-refractivity contribution in [2.75, 3.05) is 0 Å². The first kappa shape index (κ1) is 15.3. The van der Waals surface area contributed by atoms with Gasteiger partial charge in [-0.3, -0.25) is 4.79 Å². The summed E-state index contributed by atoms with van der Waals surface area (Å²) in [4.78, 5) is 12.2. The Kier molecular flexibility index (Phi) is 5.39. The Bertz CT molecular complexity index is 453. The number of carbonyl (C=O) groups is 1. The molecule has 0 aliphatic heterocycles. The van der Waals surface area contributed by atoms with E-state index in [-0.39, 0.29) is 0 Å². The zero-order valence-electron chi connectivity index (χ0n) is 13.2. The lowest BCUT2D eigenvalue weighted by Gasteiger charge is -2.25. The van der Waals surface area contributed by atoms with Gasteiger partial charge in [-0.25, -0.2) is 0 Å². The summed E-state index contributed by atoms with van der Waals surface area (Å²) in [5, 5.41) is 0. The van der Waals surface area contributed by atoms with Gasteiger partial charge in [-0.1, -0.05) is 51.2 Å². The highest BCUT2D eigenvalue weighted by Crippen LogP contribution is 2.31. The fourth-order valence-corrected chi connectivity index (χ4v) is 3.23. The van der Waals surface area contributed by atoms with E-state index in [1.54, 1.807) is 0 Å². The summed E-state index contributed by atoms with van der Waals surface area (Å²) in [7, 11) is 0. The first-order valence-corrected chi connectivity index (χ1v) is 8.16. The van der Waals surface area contributed by atoms with Crippen molar-refractivity contribution in [1.82, 2.24) is 0 Å². The maximum atomic E-state index is 12.2. The molecule has 0 heterocycles. The largest absolute Gasteiger partial charge is 0.294 e. The second-order valence-electron chi connectivity index (χ2n) is 6.74. The van der Waals surface area contributed by atoms with Crippen LogP contribution >= 0.6 is 0 Å². The van der Waals surface area contributed by atoms with Crippen molar-refractivity contribution >= 4 is 5.78 Å². The van der Waals surface area contributed by atoms with Gasteiger partial charge in [0.25, 0.3) is 0 Å². The summed E-state index contributed by atoms with van der Waals surface area (Å²) in [6, 6.07) is 6.08. The smallest absolute Gasteiger partial charge is 0.162 e. The highest BCUT2D eigenvalue weighted by atomic mass is 16.1. The minimum absolute atomic E-state index is 0.317. The van der Waals surface area contributed by atoms with Crippen LogP contribution in [0.1, 0.15) is 73.4 Å². The predicted octanol–water partition coefficient (Wildman–Crippen LogP) is 5.48. The van der Waals surface area contributed by atoms with Gasteiger partial charge in [0.05, 0.1) is 0 Å². The van der Waals surface area contributed by atoms with Crippen LogP contribution in [0.3, 0.4) is 0 Å². The summed E-state index contributed by atoms with van der Waals surface area (Å²) in [6.45, 7) is 6.53. The molecule has 0 amide bonds. The molecule has 1 aromatic carbocycles. The molecule has 1 fully saturated rings. The van der Waals surface area contributed by atoms with Crippen LogP contribution in [0.2, 0.25) is 0 Å². The molecule has 1 aliphatic carbocycles. The molecule has 0 aromatic heterocycles. The molecule has 0 radical (unpaired) electrons. The predicted molar refractivity (Wildman–Crippen MR) is 85.2 cm³/mol. The molecule has 0 saturated heterocycles. The number of hydrogen-bond acceptors (Lipinski definition) is 1. The number of Topliss-reactive ketones (excluding diaryl/α,β-unsaturated/α-hetero) is 1. The highest BCUT2D eigenvalue weighted by Gasteiger charge is 2.18. The van der Waals surface area contributed by atoms with E-state index in [4.69, 9.17) is 0 Å². The maximum absolute atomic E-state index is 12.2. The standard InChI is InChI=1S/C19H28O/c1-14-7-10-17(11-8-14)5-4-6-19(20)18-12-9-15(2)16(3)13-18/h9,12-14,17H,4-8,10-11H2,1-3H3. The number of hydrogen-bond donors (Lipinski definition) is 0. The van der Waals surface area contributed by atoms with E-state index in [0.29, 0.717) is 12.2 Å². The van der Waals surface area contributed by atoms with Gasteiger partial charge in [0.1, 0.15) is 0 Å². The molecule has 1 aromatic rings. The molecule has 0 bridgehead atoms. The number of ketones is 1. The lowest BCUT2D eigenvalue weighted by Crippen LogP contribution is -2.12. The van der Waals surface area contributed by atoms with Gasteiger partial charge in [-0.2, -0.15) is 0 Å². The van der Waals surface area contributed by atoms with Crippen LogP contribution in [0, 0.1) is 25.7 Å². The number of carbonyl (C=O) groups excluding carboxylic acids is 1. The van der Waals surface area contributed by atoms with Crippen molar-refractivity contribution < 1.29 is 4.79 Å². The van der Waals surface area contributed by atoms with Gasteiger partial charge in [-0.15, -0.1) is 0 Å². The van der Waals surface area contributed by atoms with E-state index in [9.17, 15) is 4.79 Å². The number of aryl methyl sites for hydroxylation is 2. The molecule has 0 N–H and O–H groups in total. The van der Waals surface area contributed by atoms with Crippen LogP contribution in [0.25, 0.3) is 0 Å². The third-order valence-electron chi connectivity index (χ3n) is 4.98. The summed E-state index contributed by atoms with van der Waals surface area (Å²) in [6.07, 6.45) is 8.53. The van der Waals surface area contributed by atoms with Crippen molar-refractivity contribution in [2.24, 2.45) is 11.8 Å². The highest BCUT2D eigenvalue weighted by molar-refractivity contribution is 5.96. The van der Waals surface area contributed by atoms with Crippen LogP contribution in [0.15, 0.2) is 18.2 Å².